The Hall–Kier alpha value is -1.97. The molecule has 1 aromatic heterocycles. The second kappa shape index (κ2) is 4.85. The van der Waals surface area contributed by atoms with E-state index in [9.17, 15) is 4.79 Å². The van der Waals surface area contributed by atoms with Crippen molar-refractivity contribution in [1.29, 1.82) is 0 Å². The summed E-state index contributed by atoms with van der Waals surface area (Å²) < 4.78 is 0. The van der Waals surface area contributed by atoms with Crippen LogP contribution >= 0.6 is 0 Å². The molecule has 1 aromatic carbocycles. The summed E-state index contributed by atoms with van der Waals surface area (Å²) in [5, 5.41) is 0.992. The van der Waals surface area contributed by atoms with Gasteiger partial charge in [0.25, 0.3) is 5.91 Å². The summed E-state index contributed by atoms with van der Waals surface area (Å²) in [5.41, 5.74) is 8.12. The fraction of sp³-hybridized carbons (Fsp3) is 0.438. The number of nitrogens with zero attached hydrogens (tertiary/aromatic N) is 1. The lowest BCUT2D eigenvalue weighted by Crippen LogP contribution is -2.44. The van der Waals surface area contributed by atoms with Crippen LogP contribution in [0.1, 0.15) is 37.2 Å². The lowest BCUT2D eigenvalue weighted by molar-refractivity contribution is 0.0583. The third kappa shape index (κ3) is 2.26. The van der Waals surface area contributed by atoms with Crippen LogP contribution in [0.5, 0.6) is 0 Å². The molecule has 3 N–H and O–H groups in total. The fourth-order valence-corrected chi connectivity index (χ4v) is 3.13. The average molecular weight is 271 g/mol. The van der Waals surface area contributed by atoms with Gasteiger partial charge in [-0.05, 0) is 49.9 Å². The van der Waals surface area contributed by atoms with Crippen molar-refractivity contribution in [1.82, 2.24) is 9.88 Å². The van der Waals surface area contributed by atoms with Gasteiger partial charge in [-0.2, -0.15) is 0 Å². The van der Waals surface area contributed by atoms with Gasteiger partial charge in [0.1, 0.15) is 5.69 Å². The molecule has 0 saturated carbocycles. The van der Waals surface area contributed by atoms with E-state index in [1.165, 1.54) is 0 Å². The molecule has 2 heterocycles. The number of hydrogen-bond acceptors (Lipinski definition) is 2. The largest absolute Gasteiger partial charge is 0.399 e. The minimum absolute atomic E-state index is 0.0965. The first-order chi connectivity index (χ1) is 9.54. The van der Waals surface area contributed by atoms with Crippen LogP contribution in [0.2, 0.25) is 0 Å². The van der Waals surface area contributed by atoms with Gasteiger partial charge < -0.3 is 15.6 Å². The summed E-state index contributed by atoms with van der Waals surface area (Å²) in [6.07, 6.45) is 2.17. The summed E-state index contributed by atoms with van der Waals surface area (Å²) in [6, 6.07) is 7.87. The Morgan fingerprint density at radius 3 is 2.90 bits per heavy atom. The molecular weight excluding hydrogens is 250 g/mol. The summed E-state index contributed by atoms with van der Waals surface area (Å²) in [4.78, 5) is 17.8. The van der Waals surface area contributed by atoms with Crippen LogP contribution in [0.4, 0.5) is 5.69 Å². The number of nitrogen functional groups attached to an aromatic ring is 1. The molecule has 1 fully saturated rings. The van der Waals surface area contributed by atoms with Crippen LogP contribution < -0.4 is 5.73 Å². The minimum atomic E-state index is 0.0965. The lowest BCUT2D eigenvalue weighted by atomic mass is 9.93. The molecule has 106 valence electrons. The Morgan fingerprint density at radius 2 is 2.15 bits per heavy atom. The Kier molecular flexibility index (Phi) is 3.16. The van der Waals surface area contributed by atoms with Gasteiger partial charge in [0.2, 0.25) is 0 Å². The number of piperidine rings is 1. The monoisotopic (exact) mass is 271 g/mol. The molecule has 3 rings (SSSR count). The maximum atomic E-state index is 12.6. The van der Waals surface area contributed by atoms with Gasteiger partial charge in [-0.25, -0.2) is 0 Å². The van der Waals surface area contributed by atoms with Crippen molar-refractivity contribution in [3.8, 4) is 0 Å². The molecule has 0 aliphatic carbocycles. The van der Waals surface area contributed by atoms with Gasteiger partial charge in [-0.3, -0.25) is 4.79 Å². The number of likely N-dealkylation sites (tertiary alicyclic amines) is 1. The number of fused-ring (bicyclic) bond motifs is 1. The topological polar surface area (TPSA) is 62.1 Å². The van der Waals surface area contributed by atoms with E-state index in [0.29, 0.717) is 17.7 Å². The van der Waals surface area contributed by atoms with E-state index in [1.54, 1.807) is 0 Å². The first-order valence-electron chi connectivity index (χ1n) is 7.24. The quantitative estimate of drug-likeness (QED) is 0.783. The second-order valence-corrected chi connectivity index (χ2v) is 6.01. The maximum Gasteiger partial charge on any atom is 0.270 e. The van der Waals surface area contributed by atoms with E-state index in [2.05, 4.69) is 18.8 Å². The second-order valence-electron chi connectivity index (χ2n) is 6.01. The van der Waals surface area contributed by atoms with Gasteiger partial charge in [0.15, 0.2) is 0 Å². The van der Waals surface area contributed by atoms with Gasteiger partial charge in [-0.1, -0.05) is 6.92 Å². The van der Waals surface area contributed by atoms with E-state index in [0.717, 1.165) is 36.0 Å². The molecule has 0 bridgehead atoms. The van der Waals surface area contributed by atoms with Crippen molar-refractivity contribution in [3.63, 3.8) is 0 Å². The van der Waals surface area contributed by atoms with Gasteiger partial charge in [0.05, 0.1) is 0 Å². The van der Waals surface area contributed by atoms with Gasteiger partial charge in [-0.15, -0.1) is 0 Å². The molecule has 20 heavy (non-hydrogen) atoms. The highest BCUT2D eigenvalue weighted by atomic mass is 16.2. The summed E-state index contributed by atoms with van der Waals surface area (Å²) in [7, 11) is 0. The summed E-state index contributed by atoms with van der Waals surface area (Å²) >= 11 is 0. The number of nitrogens with two attached hydrogens (primary N) is 1. The van der Waals surface area contributed by atoms with Crippen molar-refractivity contribution in [2.45, 2.75) is 32.7 Å². The number of hydrogen-bond donors (Lipinski definition) is 2. The lowest BCUT2D eigenvalue weighted by Gasteiger charge is -2.36. The predicted molar refractivity (Wildman–Crippen MR) is 81.6 cm³/mol. The smallest absolute Gasteiger partial charge is 0.270 e. The number of rotatable bonds is 1. The molecule has 1 saturated heterocycles. The molecular formula is C16H21N3O. The Morgan fingerprint density at radius 1 is 1.35 bits per heavy atom. The molecule has 4 nitrogen and oxygen atoms in total. The Balaban J connectivity index is 1.88. The number of carbonyl (C=O) groups excluding carboxylic acids is 1. The number of H-pyrrole nitrogens is 1. The third-order valence-electron chi connectivity index (χ3n) is 4.27. The van der Waals surface area contributed by atoms with Crippen molar-refractivity contribution in [2.75, 3.05) is 12.3 Å². The molecule has 1 aliphatic heterocycles. The molecule has 2 unspecified atom stereocenters. The third-order valence-corrected chi connectivity index (χ3v) is 4.27. The minimum Gasteiger partial charge on any atom is -0.399 e. The SMILES string of the molecule is CC1CCN(C(=O)c2cc3cc(N)ccc3[nH]2)C(C)C1. The number of anilines is 1. The highest BCUT2D eigenvalue weighted by molar-refractivity contribution is 5.98. The molecule has 1 amide bonds. The highest BCUT2D eigenvalue weighted by Crippen LogP contribution is 2.25. The normalized spacial score (nSPS) is 23.2. The summed E-state index contributed by atoms with van der Waals surface area (Å²) in [6.45, 7) is 5.23. The van der Waals surface area contributed by atoms with Crippen molar-refractivity contribution in [2.24, 2.45) is 5.92 Å². The number of amides is 1. The van der Waals surface area contributed by atoms with E-state index >= 15 is 0 Å². The Labute approximate surface area is 118 Å². The zero-order valence-corrected chi connectivity index (χ0v) is 12.0. The van der Waals surface area contributed by atoms with Crippen LogP contribution in [0.15, 0.2) is 24.3 Å². The number of aromatic nitrogens is 1. The first kappa shape index (κ1) is 13.0. The van der Waals surface area contributed by atoms with Crippen molar-refractivity contribution < 1.29 is 4.79 Å². The number of carbonyl (C=O) groups is 1. The van der Waals surface area contributed by atoms with Crippen molar-refractivity contribution >= 4 is 22.5 Å². The summed E-state index contributed by atoms with van der Waals surface area (Å²) in [5.74, 6) is 0.802. The molecule has 0 spiro atoms. The van der Waals surface area contributed by atoms with Crippen LogP contribution in [-0.4, -0.2) is 28.4 Å². The predicted octanol–water partition coefficient (Wildman–Crippen LogP) is 3.01. The highest BCUT2D eigenvalue weighted by Gasteiger charge is 2.28. The van der Waals surface area contributed by atoms with E-state index < -0.39 is 0 Å². The molecule has 0 radical (unpaired) electrons. The molecule has 2 atom stereocenters. The zero-order chi connectivity index (χ0) is 14.3. The fourth-order valence-electron chi connectivity index (χ4n) is 3.13. The Bertz CT molecular complexity index is 646. The van der Waals surface area contributed by atoms with Crippen LogP contribution in [0.3, 0.4) is 0 Å². The van der Waals surface area contributed by atoms with E-state index in [4.69, 9.17) is 5.73 Å². The zero-order valence-electron chi connectivity index (χ0n) is 12.0. The van der Waals surface area contributed by atoms with E-state index in [-0.39, 0.29) is 5.91 Å². The molecule has 1 aliphatic rings. The van der Waals surface area contributed by atoms with Gasteiger partial charge >= 0.3 is 0 Å². The first-order valence-corrected chi connectivity index (χ1v) is 7.24. The maximum absolute atomic E-state index is 12.6. The number of aromatic amines is 1. The van der Waals surface area contributed by atoms with Gasteiger partial charge in [0, 0.05) is 29.2 Å². The van der Waals surface area contributed by atoms with Crippen molar-refractivity contribution in [3.05, 3.63) is 30.0 Å². The van der Waals surface area contributed by atoms with Crippen LogP contribution in [-0.2, 0) is 0 Å². The van der Waals surface area contributed by atoms with Crippen LogP contribution in [0, 0.1) is 5.92 Å². The van der Waals surface area contributed by atoms with Crippen LogP contribution in [0.25, 0.3) is 10.9 Å². The molecule has 2 aromatic rings. The standard InChI is InChI=1S/C16H21N3O/c1-10-5-6-19(11(2)7-10)16(20)15-9-12-8-13(17)3-4-14(12)18-15/h3-4,8-11,18H,5-7,17H2,1-2H3. The number of nitrogens with one attached hydrogen (secondary N) is 1. The van der Waals surface area contributed by atoms with E-state index in [1.807, 2.05) is 29.2 Å². The number of benzene rings is 1. The molecule has 4 heteroatoms. The average Bonchev–Trinajstić information content (AvgIpc) is 2.81.